The van der Waals surface area contributed by atoms with Crippen molar-refractivity contribution >= 4 is 29.3 Å². The molecule has 1 aromatic heterocycles. The van der Waals surface area contributed by atoms with Gasteiger partial charge in [-0.25, -0.2) is 4.79 Å². The number of ketones is 1. The molecule has 6 nitrogen and oxygen atoms in total. The quantitative estimate of drug-likeness (QED) is 0.661. The van der Waals surface area contributed by atoms with Crippen molar-refractivity contribution in [3.8, 4) is 0 Å². The summed E-state index contributed by atoms with van der Waals surface area (Å²) in [5, 5.41) is 3.05. The number of urea groups is 1. The maximum absolute atomic E-state index is 12.9. The van der Waals surface area contributed by atoms with Gasteiger partial charge in [0.2, 0.25) is 0 Å². The van der Waals surface area contributed by atoms with Crippen molar-refractivity contribution in [2.75, 3.05) is 6.54 Å². The smallest absolute Gasteiger partial charge is 0.325 e. The van der Waals surface area contributed by atoms with Crippen LogP contribution in [0.2, 0.25) is 5.02 Å². The second-order valence-corrected chi connectivity index (χ2v) is 7.10. The Morgan fingerprint density at radius 1 is 1.23 bits per heavy atom. The van der Waals surface area contributed by atoms with Crippen LogP contribution in [0.4, 0.5) is 4.79 Å². The van der Waals surface area contributed by atoms with Gasteiger partial charge in [0.1, 0.15) is 5.54 Å². The molecule has 3 rings (SSSR count). The van der Waals surface area contributed by atoms with Crippen LogP contribution in [0.25, 0.3) is 0 Å². The molecule has 1 unspecified atom stereocenters. The Balaban J connectivity index is 1.89. The summed E-state index contributed by atoms with van der Waals surface area (Å²) in [6.07, 6.45) is 0. The molecular formula is C19H20ClN3O3. The van der Waals surface area contributed by atoms with Gasteiger partial charge in [-0.1, -0.05) is 29.8 Å². The molecule has 0 bridgehead atoms. The van der Waals surface area contributed by atoms with Crippen LogP contribution in [0.3, 0.4) is 0 Å². The van der Waals surface area contributed by atoms with Crippen LogP contribution in [0, 0.1) is 13.8 Å². The van der Waals surface area contributed by atoms with Gasteiger partial charge in [-0.2, -0.15) is 0 Å². The molecule has 1 aromatic carbocycles. The minimum Gasteiger partial charge on any atom is -0.351 e. The number of benzene rings is 1. The Kier molecular flexibility index (Phi) is 4.40. The Labute approximate surface area is 156 Å². The Morgan fingerprint density at radius 2 is 1.88 bits per heavy atom. The van der Waals surface area contributed by atoms with Crippen LogP contribution in [-0.2, 0) is 17.4 Å². The number of carbonyl (C=O) groups excluding carboxylic acids is 3. The van der Waals surface area contributed by atoms with Gasteiger partial charge in [-0.05, 0) is 32.9 Å². The van der Waals surface area contributed by atoms with Crippen molar-refractivity contribution in [3.05, 3.63) is 57.9 Å². The number of Topliss-reactive ketones (excluding diaryl/α,β-unsaturated/α-hetero) is 1. The van der Waals surface area contributed by atoms with E-state index in [0.29, 0.717) is 16.1 Å². The first-order valence-corrected chi connectivity index (χ1v) is 8.60. The Hall–Kier alpha value is -2.60. The molecule has 0 spiro atoms. The number of aromatic nitrogens is 1. The number of hydrogen-bond donors (Lipinski definition) is 1. The van der Waals surface area contributed by atoms with Gasteiger partial charge >= 0.3 is 6.03 Å². The third-order valence-electron chi connectivity index (χ3n) is 5.06. The van der Waals surface area contributed by atoms with Gasteiger partial charge in [0.15, 0.2) is 5.78 Å². The summed E-state index contributed by atoms with van der Waals surface area (Å²) >= 11 is 6.21. The first-order chi connectivity index (χ1) is 12.2. The molecule has 1 N–H and O–H groups in total. The normalized spacial score (nSPS) is 19.8. The zero-order chi connectivity index (χ0) is 19.2. The van der Waals surface area contributed by atoms with E-state index in [1.54, 1.807) is 37.3 Å². The van der Waals surface area contributed by atoms with E-state index in [1.807, 2.05) is 25.5 Å². The third-order valence-corrected chi connectivity index (χ3v) is 5.39. The predicted molar refractivity (Wildman–Crippen MR) is 98.3 cm³/mol. The van der Waals surface area contributed by atoms with Gasteiger partial charge in [-0.15, -0.1) is 0 Å². The largest absolute Gasteiger partial charge is 0.351 e. The summed E-state index contributed by atoms with van der Waals surface area (Å²) in [5.74, 6) is -0.771. The highest BCUT2D eigenvalue weighted by molar-refractivity contribution is 6.32. The molecule has 1 fully saturated rings. The fourth-order valence-electron chi connectivity index (χ4n) is 3.26. The Bertz CT molecular complexity index is 934. The van der Waals surface area contributed by atoms with E-state index >= 15 is 0 Å². The second kappa shape index (κ2) is 6.29. The molecule has 136 valence electrons. The van der Waals surface area contributed by atoms with Crippen molar-refractivity contribution in [2.24, 2.45) is 7.05 Å². The van der Waals surface area contributed by atoms with Crippen molar-refractivity contribution in [3.63, 3.8) is 0 Å². The number of nitrogens with zero attached hydrogens (tertiary/aromatic N) is 2. The average molecular weight is 374 g/mol. The lowest BCUT2D eigenvalue weighted by molar-refractivity contribution is -0.130. The number of hydrogen-bond acceptors (Lipinski definition) is 3. The van der Waals surface area contributed by atoms with Crippen molar-refractivity contribution in [2.45, 2.75) is 26.3 Å². The van der Waals surface area contributed by atoms with Crippen LogP contribution in [0.1, 0.15) is 34.2 Å². The molecule has 7 heteroatoms. The number of imide groups is 1. The average Bonchev–Trinajstić information content (AvgIpc) is 2.97. The minimum absolute atomic E-state index is 0.280. The summed E-state index contributed by atoms with van der Waals surface area (Å²) in [7, 11) is 1.86. The van der Waals surface area contributed by atoms with Gasteiger partial charge in [0.25, 0.3) is 5.91 Å². The minimum atomic E-state index is -1.29. The molecule has 0 aliphatic carbocycles. The molecule has 3 amide bonds. The molecule has 1 aliphatic heterocycles. The van der Waals surface area contributed by atoms with Gasteiger partial charge in [0.05, 0.1) is 6.54 Å². The summed E-state index contributed by atoms with van der Waals surface area (Å²) in [4.78, 5) is 39.0. The topological polar surface area (TPSA) is 71.4 Å². The van der Waals surface area contributed by atoms with E-state index in [-0.39, 0.29) is 12.3 Å². The van der Waals surface area contributed by atoms with Crippen LogP contribution < -0.4 is 5.32 Å². The van der Waals surface area contributed by atoms with Gasteiger partial charge in [0, 0.05) is 34.6 Å². The van der Waals surface area contributed by atoms with Gasteiger partial charge in [-0.3, -0.25) is 14.5 Å². The van der Waals surface area contributed by atoms with Crippen LogP contribution >= 0.6 is 11.6 Å². The lowest BCUT2D eigenvalue weighted by Crippen LogP contribution is -2.41. The lowest BCUT2D eigenvalue weighted by atomic mass is 9.92. The number of nitrogens with one attached hydrogen (secondary N) is 1. The second-order valence-electron chi connectivity index (χ2n) is 6.69. The highest BCUT2D eigenvalue weighted by atomic mass is 35.5. The van der Waals surface area contributed by atoms with Crippen molar-refractivity contribution in [1.82, 2.24) is 14.8 Å². The number of rotatable bonds is 4. The monoisotopic (exact) mass is 373 g/mol. The molecule has 2 aromatic rings. The van der Waals surface area contributed by atoms with Crippen LogP contribution in [0.15, 0.2) is 30.3 Å². The van der Waals surface area contributed by atoms with E-state index < -0.39 is 17.5 Å². The zero-order valence-electron chi connectivity index (χ0n) is 15.1. The van der Waals surface area contributed by atoms with Crippen LogP contribution in [0.5, 0.6) is 0 Å². The van der Waals surface area contributed by atoms with Crippen molar-refractivity contribution < 1.29 is 14.4 Å². The summed E-state index contributed by atoms with van der Waals surface area (Å²) in [6, 6.07) is 8.01. The molecule has 26 heavy (non-hydrogen) atoms. The summed E-state index contributed by atoms with van der Waals surface area (Å²) in [6.45, 7) is 5.01. The number of amides is 3. The first kappa shape index (κ1) is 18.2. The highest BCUT2D eigenvalue weighted by Gasteiger charge is 2.50. The zero-order valence-corrected chi connectivity index (χ0v) is 15.8. The number of aryl methyl sites for hydroxylation is 1. The SMILES string of the molecule is Cc1cc(C(=O)CN2C(=O)NC(C)(c3ccccc3Cl)C2=O)c(C)n1C. The number of carbonyl (C=O) groups is 3. The van der Waals surface area contributed by atoms with Crippen LogP contribution in [-0.4, -0.2) is 33.7 Å². The van der Waals surface area contributed by atoms with E-state index in [2.05, 4.69) is 5.32 Å². The molecule has 1 atom stereocenters. The summed E-state index contributed by atoms with van der Waals surface area (Å²) in [5.41, 5.74) is 1.45. The molecule has 0 radical (unpaired) electrons. The fourth-order valence-corrected chi connectivity index (χ4v) is 3.58. The van der Waals surface area contributed by atoms with E-state index in [4.69, 9.17) is 11.6 Å². The molecule has 2 heterocycles. The van der Waals surface area contributed by atoms with E-state index in [1.165, 1.54) is 0 Å². The fraction of sp³-hybridized carbons (Fsp3) is 0.316. The van der Waals surface area contributed by atoms with E-state index in [9.17, 15) is 14.4 Å². The molecule has 1 saturated heterocycles. The number of halogens is 1. The molecule has 1 aliphatic rings. The highest BCUT2D eigenvalue weighted by Crippen LogP contribution is 2.33. The Morgan fingerprint density at radius 3 is 2.46 bits per heavy atom. The third kappa shape index (κ3) is 2.70. The van der Waals surface area contributed by atoms with Gasteiger partial charge < -0.3 is 9.88 Å². The lowest BCUT2D eigenvalue weighted by Gasteiger charge is -2.23. The first-order valence-electron chi connectivity index (χ1n) is 8.22. The summed E-state index contributed by atoms with van der Waals surface area (Å²) < 4.78 is 1.90. The standard InChI is InChI=1S/C19H20ClN3O3/c1-11-9-13(12(2)22(11)4)16(24)10-23-17(25)19(3,21-18(23)26)14-7-5-6-8-15(14)20/h5-9H,10H2,1-4H3,(H,21,26). The molecule has 0 saturated carbocycles. The molecular weight excluding hydrogens is 354 g/mol. The predicted octanol–water partition coefficient (Wildman–Crippen LogP) is 2.95. The maximum Gasteiger partial charge on any atom is 0.325 e. The van der Waals surface area contributed by atoms with E-state index in [0.717, 1.165) is 16.3 Å². The van der Waals surface area contributed by atoms with Crippen molar-refractivity contribution in [1.29, 1.82) is 0 Å². The maximum atomic E-state index is 12.9.